The summed E-state index contributed by atoms with van der Waals surface area (Å²) < 4.78 is 16.7. The van der Waals surface area contributed by atoms with Crippen LogP contribution < -0.4 is 4.74 Å². The molecule has 0 amide bonds. The lowest BCUT2D eigenvalue weighted by Gasteiger charge is -2.35. The summed E-state index contributed by atoms with van der Waals surface area (Å²) in [4.78, 5) is 12.6. The second-order valence-electron chi connectivity index (χ2n) is 5.73. The van der Waals surface area contributed by atoms with Gasteiger partial charge in [-0.3, -0.25) is 15.0 Å². The molecule has 2 rings (SSSR count). The highest BCUT2D eigenvalue weighted by molar-refractivity contribution is 5.37. The number of hydrogen-bond donors (Lipinski definition) is 0. The van der Waals surface area contributed by atoms with Gasteiger partial charge in [0.25, 0.3) is 5.69 Å². The number of nitro groups is 1. The van der Waals surface area contributed by atoms with Crippen LogP contribution in [0.4, 0.5) is 5.69 Å². The van der Waals surface area contributed by atoms with Gasteiger partial charge < -0.3 is 14.2 Å². The Balaban J connectivity index is 1.59. The highest BCUT2D eigenvalue weighted by Gasteiger charge is 2.21. The molecule has 1 aromatic carbocycles. The second-order valence-corrected chi connectivity index (χ2v) is 5.73. The van der Waals surface area contributed by atoms with Crippen molar-refractivity contribution in [3.8, 4) is 5.75 Å². The number of non-ortho nitro benzene ring substituents is 1. The van der Waals surface area contributed by atoms with Crippen LogP contribution in [0.2, 0.25) is 0 Å². The Labute approximate surface area is 136 Å². The fraction of sp³-hybridized carbons (Fsp3) is 0.625. The Kier molecular flexibility index (Phi) is 6.76. The maximum absolute atomic E-state index is 10.7. The number of nitro benzene ring substituents is 1. The third kappa shape index (κ3) is 6.13. The van der Waals surface area contributed by atoms with Crippen LogP contribution in [0, 0.1) is 10.1 Å². The molecular formula is C16H24N2O5. The van der Waals surface area contributed by atoms with E-state index in [0.29, 0.717) is 25.6 Å². The van der Waals surface area contributed by atoms with Crippen LogP contribution in [0.1, 0.15) is 13.8 Å². The molecule has 1 aliphatic heterocycles. The van der Waals surface area contributed by atoms with Crippen LogP contribution >= 0.6 is 0 Å². The minimum absolute atomic E-state index is 0.0268. The lowest BCUT2D eigenvalue weighted by Crippen LogP contribution is -2.46. The summed E-state index contributed by atoms with van der Waals surface area (Å²) in [5.41, 5.74) is 0.0268. The average molecular weight is 324 g/mol. The Morgan fingerprint density at radius 2 is 2.00 bits per heavy atom. The molecule has 128 valence electrons. The molecular weight excluding hydrogens is 300 g/mol. The fourth-order valence-corrected chi connectivity index (χ4v) is 2.67. The minimum atomic E-state index is -0.437. The summed E-state index contributed by atoms with van der Waals surface area (Å²) in [6.45, 7) is 8.35. The van der Waals surface area contributed by atoms with Gasteiger partial charge in [0.2, 0.25) is 0 Å². The van der Waals surface area contributed by atoms with Crippen LogP contribution in [0.5, 0.6) is 5.75 Å². The van der Waals surface area contributed by atoms with Crippen molar-refractivity contribution >= 4 is 5.69 Å². The van der Waals surface area contributed by atoms with E-state index in [1.165, 1.54) is 12.1 Å². The smallest absolute Gasteiger partial charge is 0.273 e. The van der Waals surface area contributed by atoms with E-state index in [1.54, 1.807) is 12.1 Å². The standard InChI is InChI=1S/C16H24N2O5/c1-13-11-17(12-14(2)23-13)6-7-21-8-9-22-16-5-3-4-15(10-16)18(19)20/h3-5,10,13-14H,6-9,11-12H2,1-2H3/t13-,14+. The van der Waals surface area contributed by atoms with Gasteiger partial charge in [-0.25, -0.2) is 0 Å². The summed E-state index contributed by atoms with van der Waals surface area (Å²) in [5.74, 6) is 0.485. The first-order valence-electron chi connectivity index (χ1n) is 7.87. The second kappa shape index (κ2) is 8.81. The lowest BCUT2D eigenvalue weighted by molar-refractivity contribution is -0.384. The predicted molar refractivity (Wildman–Crippen MR) is 85.9 cm³/mol. The van der Waals surface area contributed by atoms with Gasteiger partial charge >= 0.3 is 0 Å². The van der Waals surface area contributed by atoms with Gasteiger partial charge in [0.05, 0.1) is 36.4 Å². The largest absolute Gasteiger partial charge is 0.491 e. The van der Waals surface area contributed by atoms with Crippen LogP contribution in [-0.4, -0.2) is 61.5 Å². The van der Waals surface area contributed by atoms with Gasteiger partial charge in [0.15, 0.2) is 0 Å². The third-order valence-electron chi connectivity index (χ3n) is 3.57. The van der Waals surface area contributed by atoms with Crippen LogP contribution in [-0.2, 0) is 9.47 Å². The van der Waals surface area contributed by atoms with Crippen molar-refractivity contribution in [2.24, 2.45) is 0 Å². The summed E-state index contributed by atoms with van der Waals surface area (Å²) in [7, 11) is 0. The SMILES string of the molecule is C[C@@H]1CN(CCOCCOc2cccc([N+](=O)[O-])c2)C[C@H](C)O1. The Bertz CT molecular complexity index is 501. The average Bonchev–Trinajstić information content (AvgIpc) is 2.50. The summed E-state index contributed by atoms with van der Waals surface area (Å²) in [6.07, 6.45) is 0.520. The molecule has 7 heteroatoms. The monoisotopic (exact) mass is 324 g/mol. The van der Waals surface area contributed by atoms with Crippen LogP contribution in [0.25, 0.3) is 0 Å². The molecule has 1 aliphatic rings. The minimum Gasteiger partial charge on any atom is -0.491 e. The highest BCUT2D eigenvalue weighted by Crippen LogP contribution is 2.18. The molecule has 0 N–H and O–H groups in total. The fourth-order valence-electron chi connectivity index (χ4n) is 2.67. The number of nitrogens with zero attached hydrogens (tertiary/aromatic N) is 2. The third-order valence-corrected chi connectivity index (χ3v) is 3.57. The van der Waals surface area contributed by atoms with E-state index in [4.69, 9.17) is 14.2 Å². The summed E-state index contributed by atoms with van der Waals surface area (Å²) >= 11 is 0. The van der Waals surface area contributed by atoms with E-state index in [2.05, 4.69) is 18.7 Å². The predicted octanol–water partition coefficient (Wildman–Crippen LogP) is 2.10. The Hall–Kier alpha value is -1.70. The van der Waals surface area contributed by atoms with Gasteiger partial charge in [0.1, 0.15) is 12.4 Å². The maximum atomic E-state index is 10.7. The summed E-state index contributed by atoms with van der Waals surface area (Å²) in [5, 5.41) is 10.7. The first-order valence-corrected chi connectivity index (χ1v) is 7.87. The van der Waals surface area contributed by atoms with E-state index in [9.17, 15) is 10.1 Å². The molecule has 0 saturated carbocycles. The van der Waals surface area contributed by atoms with Crippen molar-refractivity contribution in [1.82, 2.24) is 4.90 Å². The van der Waals surface area contributed by atoms with Gasteiger partial charge in [-0.2, -0.15) is 0 Å². The van der Waals surface area contributed by atoms with Gasteiger partial charge in [-0.1, -0.05) is 6.07 Å². The van der Waals surface area contributed by atoms with Crippen LogP contribution in [0.3, 0.4) is 0 Å². The van der Waals surface area contributed by atoms with E-state index in [0.717, 1.165) is 19.6 Å². The van der Waals surface area contributed by atoms with Crippen molar-refractivity contribution in [3.63, 3.8) is 0 Å². The zero-order valence-electron chi connectivity index (χ0n) is 13.6. The normalized spacial score (nSPS) is 22.0. The van der Waals surface area contributed by atoms with Crippen molar-refractivity contribution in [2.45, 2.75) is 26.1 Å². The lowest BCUT2D eigenvalue weighted by atomic mass is 10.2. The number of morpholine rings is 1. The first-order chi connectivity index (χ1) is 11.0. The van der Waals surface area contributed by atoms with Gasteiger partial charge in [-0.15, -0.1) is 0 Å². The van der Waals surface area contributed by atoms with Crippen molar-refractivity contribution < 1.29 is 19.1 Å². The molecule has 0 aromatic heterocycles. The first kappa shape index (κ1) is 17.7. The molecule has 2 atom stereocenters. The molecule has 23 heavy (non-hydrogen) atoms. The number of benzene rings is 1. The number of rotatable bonds is 8. The molecule has 0 radical (unpaired) electrons. The molecule has 1 aromatic rings. The summed E-state index contributed by atoms with van der Waals surface area (Å²) in [6, 6.07) is 6.16. The molecule has 0 aliphatic carbocycles. The molecule has 0 bridgehead atoms. The van der Waals surface area contributed by atoms with Crippen molar-refractivity contribution in [3.05, 3.63) is 34.4 Å². The zero-order chi connectivity index (χ0) is 16.7. The highest BCUT2D eigenvalue weighted by atomic mass is 16.6. The van der Waals surface area contributed by atoms with E-state index in [-0.39, 0.29) is 17.9 Å². The molecule has 0 spiro atoms. The molecule has 1 fully saturated rings. The van der Waals surface area contributed by atoms with Crippen LogP contribution in [0.15, 0.2) is 24.3 Å². The van der Waals surface area contributed by atoms with Gasteiger partial charge in [0, 0.05) is 25.7 Å². The van der Waals surface area contributed by atoms with E-state index < -0.39 is 4.92 Å². The number of hydrogen-bond acceptors (Lipinski definition) is 6. The Morgan fingerprint density at radius 1 is 1.26 bits per heavy atom. The van der Waals surface area contributed by atoms with Crippen molar-refractivity contribution in [1.29, 1.82) is 0 Å². The zero-order valence-corrected chi connectivity index (χ0v) is 13.6. The van der Waals surface area contributed by atoms with E-state index >= 15 is 0 Å². The quantitative estimate of drug-likeness (QED) is 0.414. The van der Waals surface area contributed by atoms with E-state index in [1.807, 2.05) is 0 Å². The molecule has 7 nitrogen and oxygen atoms in total. The number of ether oxygens (including phenoxy) is 3. The van der Waals surface area contributed by atoms with Crippen molar-refractivity contribution in [2.75, 3.05) is 39.5 Å². The molecule has 0 unspecified atom stereocenters. The van der Waals surface area contributed by atoms with Gasteiger partial charge in [-0.05, 0) is 19.9 Å². The Morgan fingerprint density at radius 3 is 2.70 bits per heavy atom. The molecule has 1 saturated heterocycles. The maximum Gasteiger partial charge on any atom is 0.273 e. The molecule has 1 heterocycles. The topological polar surface area (TPSA) is 74.1 Å².